The second kappa shape index (κ2) is 4.99. The van der Waals surface area contributed by atoms with E-state index in [9.17, 15) is 18.0 Å². The second-order valence-electron chi connectivity index (χ2n) is 4.52. The van der Waals surface area contributed by atoms with E-state index in [2.05, 4.69) is 10.4 Å². The molecule has 18 heavy (non-hydrogen) atoms. The van der Waals surface area contributed by atoms with Crippen LogP contribution in [0, 0.1) is 5.92 Å². The molecule has 0 atom stereocenters. The summed E-state index contributed by atoms with van der Waals surface area (Å²) >= 11 is 0. The summed E-state index contributed by atoms with van der Waals surface area (Å²) in [5.74, 6) is -0.335. The number of alkyl halides is 3. The summed E-state index contributed by atoms with van der Waals surface area (Å²) in [6, 6.07) is 0. The lowest BCUT2D eigenvalue weighted by Crippen LogP contribution is -2.29. The topological polar surface area (TPSA) is 57.8 Å². The van der Waals surface area contributed by atoms with Crippen LogP contribution in [0.1, 0.15) is 41.7 Å². The quantitative estimate of drug-likeness (QED) is 0.877. The highest BCUT2D eigenvalue weighted by Gasteiger charge is 2.37. The smallest absolute Gasteiger partial charge is 0.352 e. The molecule has 1 amide bonds. The molecule has 0 bridgehead atoms. The Kier molecular flexibility index (Phi) is 3.58. The molecular formula is C11H14F3N3O. The van der Waals surface area contributed by atoms with Gasteiger partial charge in [0, 0.05) is 6.54 Å². The van der Waals surface area contributed by atoms with Crippen molar-refractivity contribution in [1.29, 1.82) is 0 Å². The maximum atomic E-state index is 12.5. The summed E-state index contributed by atoms with van der Waals surface area (Å²) in [5, 5.41) is 7.64. The standard InChI is InChI=1S/C11H14F3N3O/c12-11(13,14)9-8(6-16-17-9)10(18)15-5-7-3-1-2-4-7/h6-7H,1-5H2,(H,15,18)(H,16,17). The van der Waals surface area contributed by atoms with Crippen molar-refractivity contribution in [2.24, 2.45) is 5.92 Å². The normalized spacial score (nSPS) is 17.1. The van der Waals surface area contributed by atoms with E-state index in [1.807, 2.05) is 5.10 Å². The van der Waals surface area contributed by atoms with Gasteiger partial charge in [0.2, 0.25) is 0 Å². The number of aromatic amines is 1. The SMILES string of the molecule is O=C(NCC1CCCC1)c1cn[nH]c1C(F)(F)F. The summed E-state index contributed by atoms with van der Waals surface area (Å²) in [5.41, 5.74) is -1.54. The Balaban J connectivity index is 1.98. The largest absolute Gasteiger partial charge is 0.433 e. The average molecular weight is 261 g/mol. The van der Waals surface area contributed by atoms with E-state index >= 15 is 0 Å². The highest BCUT2D eigenvalue weighted by molar-refractivity contribution is 5.95. The van der Waals surface area contributed by atoms with Crippen LogP contribution in [0.2, 0.25) is 0 Å². The van der Waals surface area contributed by atoms with Gasteiger partial charge in [0.1, 0.15) is 0 Å². The molecule has 1 aromatic rings. The van der Waals surface area contributed by atoms with Crippen molar-refractivity contribution in [2.45, 2.75) is 31.9 Å². The zero-order chi connectivity index (χ0) is 13.2. The molecule has 100 valence electrons. The van der Waals surface area contributed by atoms with Gasteiger partial charge in [-0.3, -0.25) is 9.89 Å². The van der Waals surface area contributed by atoms with Crippen LogP contribution in [0.15, 0.2) is 6.20 Å². The van der Waals surface area contributed by atoms with Gasteiger partial charge in [-0.25, -0.2) is 0 Å². The average Bonchev–Trinajstić information content (AvgIpc) is 2.95. The third-order valence-corrected chi connectivity index (χ3v) is 3.19. The number of carbonyl (C=O) groups excluding carboxylic acids is 1. The zero-order valence-electron chi connectivity index (χ0n) is 9.68. The fourth-order valence-corrected chi connectivity index (χ4v) is 2.22. The van der Waals surface area contributed by atoms with Crippen molar-refractivity contribution in [3.05, 3.63) is 17.5 Å². The fraction of sp³-hybridized carbons (Fsp3) is 0.636. The van der Waals surface area contributed by atoms with Crippen LogP contribution in [0.25, 0.3) is 0 Å². The number of hydrogen-bond acceptors (Lipinski definition) is 2. The summed E-state index contributed by atoms with van der Waals surface area (Å²) < 4.78 is 37.6. The van der Waals surface area contributed by atoms with Gasteiger partial charge < -0.3 is 5.32 Å². The third-order valence-electron chi connectivity index (χ3n) is 3.19. The summed E-state index contributed by atoms with van der Waals surface area (Å²) in [6.07, 6.45) is 0.624. The first kappa shape index (κ1) is 12.9. The first-order valence-corrected chi connectivity index (χ1v) is 5.87. The monoisotopic (exact) mass is 261 g/mol. The first-order chi connectivity index (χ1) is 8.48. The Morgan fingerprint density at radius 1 is 1.44 bits per heavy atom. The molecule has 2 rings (SSSR count). The fourth-order valence-electron chi connectivity index (χ4n) is 2.22. The van der Waals surface area contributed by atoms with E-state index in [-0.39, 0.29) is 0 Å². The van der Waals surface area contributed by atoms with Gasteiger partial charge in [-0.05, 0) is 18.8 Å². The van der Waals surface area contributed by atoms with E-state index in [0.717, 1.165) is 31.9 Å². The molecule has 1 fully saturated rings. The number of carbonyl (C=O) groups is 1. The summed E-state index contributed by atoms with van der Waals surface area (Å²) in [6.45, 7) is 0.432. The number of aromatic nitrogens is 2. The number of rotatable bonds is 3. The summed E-state index contributed by atoms with van der Waals surface area (Å²) in [7, 11) is 0. The molecule has 1 saturated carbocycles. The van der Waals surface area contributed by atoms with E-state index in [0.29, 0.717) is 12.5 Å². The molecule has 0 aliphatic heterocycles. The van der Waals surface area contributed by atoms with E-state index in [4.69, 9.17) is 0 Å². The van der Waals surface area contributed by atoms with E-state index in [1.54, 1.807) is 0 Å². The molecule has 1 aromatic heterocycles. The molecule has 1 aliphatic rings. The number of nitrogens with one attached hydrogen (secondary N) is 2. The minimum atomic E-state index is -4.59. The van der Waals surface area contributed by atoms with Crippen molar-refractivity contribution in [1.82, 2.24) is 15.5 Å². The lowest BCUT2D eigenvalue weighted by Gasteiger charge is -2.11. The second-order valence-corrected chi connectivity index (χ2v) is 4.52. The lowest BCUT2D eigenvalue weighted by atomic mass is 10.1. The van der Waals surface area contributed by atoms with Crippen LogP contribution in [-0.4, -0.2) is 22.6 Å². The molecule has 0 unspecified atom stereocenters. The lowest BCUT2D eigenvalue weighted by molar-refractivity contribution is -0.141. The van der Waals surface area contributed by atoms with Gasteiger partial charge in [0.15, 0.2) is 5.69 Å². The van der Waals surface area contributed by atoms with Gasteiger partial charge in [0.05, 0.1) is 11.8 Å². The van der Waals surface area contributed by atoms with Crippen LogP contribution >= 0.6 is 0 Å². The molecule has 0 radical (unpaired) electrons. The highest BCUT2D eigenvalue weighted by atomic mass is 19.4. The van der Waals surface area contributed by atoms with Crippen LogP contribution in [-0.2, 0) is 6.18 Å². The van der Waals surface area contributed by atoms with E-state index < -0.39 is 23.3 Å². The third kappa shape index (κ3) is 2.83. The van der Waals surface area contributed by atoms with Crippen LogP contribution in [0.4, 0.5) is 13.2 Å². The Morgan fingerprint density at radius 3 is 2.72 bits per heavy atom. The molecule has 4 nitrogen and oxygen atoms in total. The zero-order valence-corrected chi connectivity index (χ0v) is 9.68. The Hall–Kier alpha value is -1.53. The molecule has 1 heterocycles. The maximum Gasteiger partial charge on any atom is 0.433 e. The number of H-pyrrole nitrogens is 1. The van der Waals surface area contributed by atoms with Crippen LogP contribution in [0.5, 0.6) is 0 Å². The summed E-state index contributed by atoms with van der Waals surface area (Å²) in [4.78, 5) is 11.7. The molecule has 2 N–H and O–H groups in total. The van der Waals surface area contributed by atoms with Crippen molar-refractivity contribution in [3.8, 4) is 0 Å². The molecule has 7 heteroatoms. The van der Waals surface area contributed by atoms with Gasteiger partial charge in [0.25, 0.3) is 5.91 Å². The van der Waals surface area contributed by atoms with E-state index in [1.165, 1.54) is 0 Å². The van der Waals surface area contributed by atoms with Crippen LogP contribution in [0.3, 0.4) is 0 Å². The number of hydrogen-bond donors (Lipinski definition) is 2. The van der Waals surface area contributed by atoms with Crippen LogP contribution < -0.4 is 5.32 Å². The van der Waals surface area contributed by atoms with Gasteiger partial charge in [-0.15, -0.1) is 0 Å². The molecule has 0 saturated heterocycles. The molecule has 0 aromatic carbocycles. The number of amides is 1. The number of halogens is 3. The highest BCUT2D eigenvalue weighted by Crippen LogP contribution is 2.30. The Morgan fingerprint density at radius 2 is 2.11 bits per heavy atom. The van der Waals surface area contributed by atoms with Crippen molar-refractivity contribution < 1.29 is 18.0 Å². The van der Waals surface area contributed by atoms with Crippen molar-refractivity contribution >= 4 is 5.91 Å². The number of nitrogens with zero attached hydrogens (tertiary/aromatic N) is 1. The molecular weight excluding hydrogens is 247 g/mol. The maximum absolute atomic E-state index is 12.5. The molecule has 1 aliphatic carbocycles. The minimum absolute atomic E-state index is 0.384. The van der Waals surface area contributed by atoms with Gasteiger partial charge in [-0.2, -0.15) is 18.3 Å². The Labute approximate surface area is 102 Å². The van der Waals surface area contributed by atoms with Gasteiger partial charge in [-0.1, -0.05) is 12.8 Å². The van der Waals surface area contributed by atoms with Gasteiger partial charge >= 0.3 is 6.18 Å². The van der Waals surface area contributed by atoms with Crippen molar-refractivity contribution in [2.75, 3.05) is 6.54 Å². The Bertz CT molecular complexity index is 421. The predicted octanol–water partition coefficient (Wildman–Crippen LogP) is 2.35. The molecule has 0 spiro atoms. The van der Waals surface area contributed by atoms with Crippen molar-refractivity contribution in [3.63, 3.8) is 0 Å². The first-order valence-electron chi connectivity index (χ1n) is 5.87. The minimum Gasteiger partial charge on any atom is -0.352 e. The predicted molar refractivity (Wildman–Crippen MR) is 57.9 cm³/mol.